The fraction of sp³-hybridized carbons (Fsp3) is 0.267. The van der Waals surface area contributed by atoms with Crippen LogP contribution in [0.15, 0.2) is 41.7 Å². The van der Waals surface area contributed by atoms with Gasteiger partial charge in [0.15, 0.2) is 5.84 Å². The van der Waals surface area contributed by atoms with Crippen LogP contribution in [0.25, 0.3) is 0 Å². The summed E-state index contributed by atoms with van der Waals surface area (Å²) in [7, 11) is 0. The van der Waals surface area contributed by atoms with Crippen molar-refractivity contribution < 1.29 is 5.21 Å². The Kier molecular flexibility index (Phi) is 4.71. The van der Waals surface area contributed by atoms with Crippen LogP contribution in [0, 0.1) is 6.92 Å². The van der Waals surface area contributed by atoms with Crippen LogP contribution in [0.5, 0.6) is 0 Å². The summed E-state index contributed by atoms with van der Waals surface area (Å²) < 4.78 is 0. The molecule has 6 nitrogen and oxygen atoms in total. The fourth-order valence-corrected chi connectivity index (χ4v) is 2.05. The second-order valence-corrected chi connectivity index (χ2v) is 4.67. The molecule has 6 heteroatoms. The van der Waals surface area contributed by atoms with Gasteiger partial charge in [-0.2, -0.15) is 0 Å². The van der Waals surface area contributed by atoms with Crippen LogP contribution < -0.4 is 10.6 Å². The molecule has 21 heavy (non-hydrogen) atoms. The second-order valence-electron chi connectivity index (χ2n) is 4.67. The van der Waals surface area contributed by atoms with Gasteiger partial charge in [0.05, 0.1) is 12.2 Å². The molecule has 0 radical (unpaired) electrons. The van der Waals surface area contributed by atoms with Gasteiger partial charge in [-0.1, -0.05) is 11.2 Å². The van der Waals surface area contributed by atoms with Crippen molar-refractivity contribution in [2.45, 2.75) is 20.4 Å². The van der Waals surface area contributed by atoms with E-state index < -0.39 is 0 Å². The largest absolute Gasteiger partial charge is 0.409 e. The zero-order chi connectivity index (χ0) is 15.2. The van der Waals surface area contributed by atoms with Gasteiger partial charge >= 0.3 is 0 Å². The zero-order valence-electron chi connectivity index (χ0n) is 12.2. The molecule has 0 amide bonds. The smallest absolute Gasteiger partial charge is 0.170 e. The third-order valence-electron chi connectivity index (χ3n) is 3.15. The number of nitrogens with two attached hydrogens (primary N) is 1. The van der Waals surface area contributed by atoms with Crippen molar-refractivity contribution in [1.82, 2.24) is 9.97 Å². The lowest BCUT2D eigenvalue weighted by Gasteiger charge is -2.22. The first-order chi connectivity index (χ1) is 10.1. The Morgan fingerprint density at radius 1 is 1.38 bits per heavy atom. The predicted octanol–water partition coefficient (Wildman–Crippen LogP) is 1.91. The Labute approximate surface area is 123 Å². The summed E-state index contributed by atoms with van der Waals surface area (Å²) in [5.74, 6) is 0.841. The van der Waals surface area contributed by atoms with Crippen molar-refractivity contribution in [3.63, 3.8) is 0 Å². The van der Waals surface area contributed by atoms with E-state index in [-0.39, 0.29) is 5.84 Å². The molecule has 0 spiro atoms. The van der Waals surface area contributed by atoms with E-state index in [4.69, 9.17) is 10.9 Å². The van der Waals surface area contributed by atoms with E-state index in [0.717, 1.165) is 23.8 Å². The number of anilines is 1. The van der Waals surface area contributed by atoms with Gasteiger partial charge in [-0.15, -0.1) is 0 Å². The molecule has 2 rings (SSSR count). The molecule has 2 heterocycles. The lowest BCUT2D eigenvalue weighted by atomic mass is 10.2. The average Bonchev–Trinajstić information content (AvgIpc) is 2.52. The van der Waals surface area contributed by atoms with Gasteiger partial charge in [0.1, 0.15) is 5.82 Å². The Bertz CT molecular complexity index is 641. The summed E-state index contributed by atoms with van der Waals surface area (Å²) in [6.45, 7) is 5.46. The summed E-state index contributed by atoms with van der Waals surface area (Å²) >= 11 is 0. The molecule has 0 bridgehead atoms. The van der Waals surface area contributed by atoms with E-state index >= 15 is 0 Å². The lowest BCUT2D eigenvalue weighted by molar-refractivity contribution is 0.318. The monoisotopic (exact) mass is 285 g/mol. The van der Waals surface area contributed by atoms with E-state index in [2.05, 4.69) is 20.0 Å². The number of hydrogen-bond donors (Lipinski definition) is 2. The van der Waals surface area contributed by atoms with Gasteiger partial charge in [0, 0.05) is 24.0 Å². The minimum atomic E-state index is 0.0726. The highest BCUT2D eigenvalue weighted by molar-refractivity contribution is 5.97. The Balaban J connectivity index is 2.25. The molecule has 110 valence electrons. The second kappa shape index (κ2) is 6.69. The van der Waals surface area contributed by atoms with Gasteiger partial charge in [-0.05, 0) is 38.1 Å². The van der Waals surface area contributed by atoms with Crippen molar-refractivity contribution in [3.8, 4) is 0 Å². The number of aromatic nitrogens is 2. The maximum absolute atomic E-state index is 8.76. The molecule has 2 aromatic rings. The normalized spacial score (nSPS) is 11.4. The topological polar surface area (TPSA) is 87.6 Å². The van der Waals surface area contributed by atoms with Crippen LogP contribution in [0.3, 0.4) is 0 Å². The number of amidine groups is 1. The van der Waals surface area contributed by atoms with Crippen LogP contribution >= 0.6 is 0 Å². The van der Waals surface area contributed by atoms with Gasteiger partial charge in [-0.25, -0.2) is 4.98 Å². The molecule has 2 aromatic heterocycles. The average molecular weight is 285 g/mol. The molecule has 0 aliphatic rings. The standard InChI is InChI=1S/C15H19N5O/c1-3-20(10-13-6-4-5-11(2)18-13)14-9-12(7-8-17-14)15(16)19-21/h4-9,21H,3,10H2,1-2H3,(H2,16,19). The lowest BCUT2D eigenvalue weighted by Crippen LogP contribution is -2.24. The van der Waals surface area contributed by atoms with Crippen molar-refractivity contribution >= 4 is 11.7 Å². The van der Waals surface area contributed by atoms with Crippen LogP contribution in [0.1, 0.15) is 23.9 Å². The zero-order valence-corrected chi connectivity index (χ0v) is 12.2. The van der Waals surface area contributed by atoms with Crippen molar-refractivity contribution in [2.75, 3.05) is 11.4 Å². The highest BCUT2D eigenvalue weighted by Crippen LogP contribution is 2.15. The van der Waals surface area contributed by atoms with Crippen LogP contribution in [0.2, 0.25) is 0 Å². The summed E-state index contributed by atoms with van der Waals surface area (Å²) in [5, 5.41) is 11.8. The van der Waals surface area contributed by atoms with E-state index in [1.165, 1.54) is 0 Å². The molecule has 0 unspecified atom stereocenters. The quantitative estimate of drug-likeness (QED) is 0.379. The first kappa shape index (κ1) is 14.8. The minimum absolute atomic E-state index is 0.0726. The van der Waals surface area contributed by atoms with Gasteiger partial charge < -0.3 is 15.8 Å². The minimum Gasteiger partial charge on any atom is -0.409 e. The predicted molar refractivity (Wildman–Crippen MR) is 82.4 cm³/mol. The summed E-state index contributed by atoms with van der Waals surface area (Å²) in [6, 6.07) is 9.46. The highest BCUT2D eigenvalue weighted by Gasteiger charge is 2.10. The Hall–Kier alpha value is -2.63. The molecule has 0 atom stereocenters. The van der Waals surface area contributed by atoms with Crippen LogP contribution in [-0.4, -0.2) is 27.6 Å². The summed E-state index contributed by atoms with van der Waals surface area (Å²) in [6.07, 6.45) is 1.65. The van der Waals surface area contributed by atoms with Crippen molar-refractivity contribution in [2.24, 2.45) is 10.9 Å². The van der Waals surface area contributed by atoms with Gasteiger partial charge in [-0.3, -0.25) is 4.98 Å². The molecule has 0 aromatic carbocycles. The molecule has 0 aliphatic carbocycles. The number of oxime groups is 1. The van der Waals surface area contributed by atoms with E-state index in [0.29, 0.717) is 12.1 Å². The summed E-state index contributed by atoms with van der Waals surface area (Å²) in [5.41, 5.74) is 8.22. The molecule has 0 aliphatic heterocycles. The SMILES string of the molecule is CCN(Cc1cccc(C)n1)c1cc(/C(N)=N/O)ccn1. The molecule has 0 saturated heterocycles. The number of pyridine rings is 2. The summed E-state index contributed by atoms with van der Waals surface area (Å²) in [4.78, 5) is 10.9. The van der Waals surface area contributed by atoms with E-state index in [9.17, 15) is 0 Å². The van der Waals surface area contributed by atoms with Crippen LogP contribution in [0.4, 0.5) is 5.82 Å². The van der Waals surface area contributed by atoms with Crippen molar-refractivity contribution in [1.29, 1.82) is 0 Å². The third kappa shape index (κ3) is 3.68. The number of rotatable bonds is 5. The molecule has 0 fully saturated rings. The first-order valence-electron chi connectivity index (χ1n) is 6.75. The van der Waals surface area contributed by atoms with Crippen LogP contribution in [-0.2, 0) is 6.54 Å². The van der Waals surface area contributed by atoms with Gasteiger partial charge in [0.25, 0.3) is 0 Å². The Morgan fingerprint density at radius 3 is 2.86 bits per heavy atom. The highest BCUT2D eigenvalue weighted by atomic mass is 16.4. The maximum atomic E-state index is 8.76. The van der Waals surface area contributed by atoms with E-state index in [1.54, 1.807) is 18.3 Å². The molecular weight excluding hydrogens is 266 g/mol. The number of hydrogen-bond acceptors (Lipinski definition) is 5. The maximum Gasteiger partial charge on any atom is 0.170 e. The molecular formula is C15H19N5O. The Morgan fingerprint density at radius 2 is 2.19 bits per heavy atom. The van der Waals surface area contributed by atoms with Crippen molar-refractivity contribution in [3.05, 3.63) is 53.5 Å². The van der Waals surface area contributed by atoms with E-state index in [1.807, 2.05) is 32.0 Å². The fourth-order valence-electron chi connectivity index (χ4n) is 2.05. The number of nitrogens with zero attached hydrogens (tertiary/aromatic N) is 4. The number of aryl methyl sites for hydroxylation is 1. The third-order valence-corrected chi connectivity index (χ3v) is 3.15. The molecule has 3 N–H and O–H groups in total. The molecule has 0 saturated carbocycles. The van der Waals surface area contributed by atoms with Gasteiger partial charge in [0.2, 0.25) is 0 Å². The first-order valence-corrected chi connectivity index (χ1v) is 6.75.